The molecule has 2 aromatic rings. The fourth-order valence-electron chi connectivity index (χ4n) is 2.08. The van der Waals surface area contributed by atoms with Crippen molar-refractivity contribution >= 4 is 25.0 Å². The highest BCUT2D eigenvalue weighted by molar-refractivity contribution is 7.83. The average molecular weight is 277 g/mol. The predicted molar refractivity (Wildman–Crippen MR) is 85.7 cm³/mol. The van der Waals surface area contributed by atoms with Crippen LogP contribution in [0.25, 0.3) is 11.1 Å². The molecule has 3 rings (SSSR count). The lowest BCUT2D eigenvalue weighted by atomic mass is 10.1. The van der Waals surface area contributed by atoms with E-state index in [2.05, 4.69) is 61.2 Å². The van der Waals surface area contributed by atoms with Gasteiger partial charge in [-0.3, -0.25) is 0 Å². The minimum Gasteiger partial charge on any atom is -0.152 e. The van der Waals surface area contributed by atoms with E-state index in [-0.39, 0.29) is 12.4 Å². The van der Waals surface area contributed by atoms with Crippen molar-refractivity contribution in [1.29, 1.82) is 0 Å². The van der Waals surface area contributed by atoms with Crippen molar-refractivity contribution in [3.05, 3.63) is 71.1 Å². The number of hydrogen-bond acceptors (Lipinski definition) is 1. The Labute approximate surface area is 121 Å². The zero-order chi connectivity index (χ0) is 12.1. The number of rotatable bonds is 0. The Bertz CT molecular complexity index is 485. The van der Waals surface area contributed by atoms with Crippen LogP contribution in [0.3, 0.4) is 0 Å². The summed E-state index contributed by atoms with van der Waals surface area (Å²) in [5.41, 5.74) is 5.75. The zero-order valence-corrected chi connectivity index (χ0v) is 12.0. The van der Waals surface area contributed by atoms with Crippen LogP contribution in [0, 0.1) is 0 Å². The molecule has 0 radical (unpaired) electrons. The van der Waals surface area contributed by atoms with Crippen LogP contribution in [-0.4, -0.2) is 0 Å². The first-order valence-electron chi connectivity index (χ1n) is 5.78. The molecular weight excluding hydrogens is 260 g/mol. The first kappa shape index (κ1) is 14.9. The zero-order valence-electron chi connectivity index (χ0n) is 10.3. The van der Waals surface area contributed by atoms with Gasteiger partial charge in [0.15, 0.2) is 0 Å². The van der Waals surface area contributed by atoms with Gasteiger partial charge < -0.3 is 0 Å². The summed E-state index contributed by atoms with van der Waals surface area (Å²) >= 11 is 3.74. The fourth-order valence-corrected chi connectivity index (χ4v) is 2.08. The molecule has 0 N–H and O–H groups in total. The van der Waals surface area contributed by atoms with Gasteiger partial charge in [-0.15, -0.1) is 12.4 Å². The number of hydrogen-bond donors (Lipinski definition) is 1. The molecule has 0 spiro atoms. The largest absolute Gasteiger partial charge is 0.152 e. The van der Waals surface area contributed by atoms with Gasteiger partial charge in [0.05, 0.1) is 0 Å². The third kappa shape index (κ3) is 3.18. The summed E-state index contributed by atoms with van der Waals surface area (Å²) in [6.45, 7) is 1.92. The Kier molecular flexibility index (Phi) is 6.03. The molecule has 18 heavy (non-hydrogen) atoms. The highest BCUT2D eigenvalue weighted by Crippen LogP contribution is 2.35. The molecule has 1 aliphatic rings. The molecule has 0 heterocycles. The maximum atomic E-state index is 3.74. The van der Waals surface area contributed by atoms with E-state index in [0.29, 0.717) is 0 Å². The SMILES string of the molecule is CC=CS.Cl.c1ccc2c(c1)Cc1ccccc1-2. The number of thiol groups is 1. The summed E-state index contributed by atoms with van der Waals surface area (Å²) < 4.78 is 0. The summed E-state index contributed by atoms with van der Waals surface area (Å²) in [5, 5.41) is 1.69. The van der Waals surface area contributed by atoms with Crippen LogP contribution in [0.4, 0.5) is 0 Å². The van der Waals surface area contributed by atoms with Gasteiger partial charge in [0, 0.05) is 0 Å². The van der Waals surface area contributed by atoms with Crippen molar-refractivity contribution in [2.45, 2.75) is 13.3 Å². The molecule has 94 valence electrons. The van der Waals surface area contributed by atoms with Gasteiger partial charge in [-0.1, -0.05) is 54.6 Å². The monoisotopic (exact) mass is 276 g/mol. The molecule has 0 aliphatic heterocycles. The predicted octanol–water partition coefficient (Wildman–Crippen LogP) is 5.13. The molecule has 0 bridgehead atoms. The van der Waals surface area contributed by atoms with E-state index < -0.39 is 0 Å². The maximum Gasteiger partial charge on any atom is -0.00135 e. The van der Waals surface area contributed by atoms with E-state index in [9.17, 15) is 0 Å². The topological polar surface area (TPSA) is 0 Å². The first-order valence-corrected chi connectivity index (χ1v) is 6.30. The summed E-state index contributed by atoms with van der Waals surface area (Å²) in [7, 11) is 0. The van der Waals surface area contributed by atoms with Crippen molar-refractivity contribution in [2.75, 3.05) is 0 Å². The lowest BCUT2D eigenvalue weighted by Crippen LogP contribution is -1.77. The quantitative estimate of drug-likeness (QED) is 0.541. The summed E-state index contributed by atoms with van der Waals surface area (Å²) in [6.07, 6.45) is 2.97. The Morgan fingerprint density at radius 2 is 1.28 bits per heavy atom. The highest BCUT2D eigenvalue weighted by atomic mass is 35.5. The molecular formula is C16H17ClS. The number of allylic oxidation sites excluding steroid dienone is 1. The lowest BCUT2D eigenvalue weighted by molar-refractivity contribution is 1.26. The maximum absolute atomic E-state index is 3.74. The summed E-state index contributed by atoms with van der Waals surface area (Å²) in [4.78, 5) is 0. The van der Waals surface area contributed by atoms with Gasteiger partial charge in [0.25, 0.3) is 0 Å². The second-order valence-corrected chi connectivity index (χ2v) is 4.27. The molecule has 0 unspecified atom stereocenters. The van der Waals surface area contributed by atoms with Gasteiger partial charge in [0.2, 0.25) is 0 Å². The van der Waals surface area contributed by atoms with Gasteiger partial charge in [0.1, 0.15) is 0 Å². The Morgan fingerprint density at radius 1 is 0.889 bits per heavy atom. The van der Waals surface area contributed by atoms with Crippen LogP contribution >= 0.6 is 25.0 Å². The van der Waals surface area contributed by atoms with E-state index >= 15 is 0 Å². The molecule has 0 saturated carbocycles. The smallest absolute Gasteiger partial charge is 0.00135 e. The van der Waals surface area contributed by atoms with Crippen molar-refractivity contribution in [3.63, 3.8) is 0 Å². The van der Waals surface area contributed by atoms with Crippen molar-refractivity contribution in [2.24, 2.45) is 0 Å². The summed E-state index contributed by atoms with van der Waals surface area (Å²) in [5.74, 6) is 0. The lowest BCUT2D eigenvalue weighted by Gasteiger charge is -1.98. The Morgan fingerprint density at radius 3 is 1.67 bits per heavy atom. The second-order valence-electron chi connectivity index (χ2n) is 3.97. The van der Waals surface area contributed by atoms with E-state index in [1.807, 2.05) is 13.0 Å². The first-order chi connectivity index (χ1) is 8.36. The molecule has 0 fully saturated rings. The van der Waals surface area contributed by atoms with Crippen molar-refractivity contribution < 1.29 is 0 Å². The normalized spacial score (nSPS) is 11.0. The molecule has 0 saturated heterocycles. The van der Waals surface area contributed by atoms with Gasteiger partial charge in [-0.2, -0.15) is 12.6 Å². The van der Waals surface area contributed by atoms with Crippen LogP contribution in [0.5, 0.6) is 0 Å². The van der Waals surface area contributed by atoms with E-state index in [1.165, 1.54) is 22.3 Å². The van der Waals surface area contributed by atoms with Crippen LogP contribution in [0.1, 0.15) is 18.1 Å². The summed E-state index contributed by atoms with van der Waals surface area (Å²) in [6, 6.07) is 17.3. The van der Waals surface area contributed by atoms with Crippen LogP contribution < -0.4 is 0 Å². The van der Waals surface area contributed by atoms with Crippen LogP contribution in [-0.2, 0) is 6.42 Å². The van der Waals surface area contributed by atoms with Crippen molar-refractivity contribution in [1.82, 2.24) is 0 Å². The van der Waals surface area contributed by atoms with Gasteiger partial charge >= 0.3 is 0 Å². The third-order valence-electron chi connectivity index (χ3n) is 2.85. The third-order valence-corrected chi connectivity index (χ3v) is 3.15. The standard InChI is InChI=1S/C13H10.C3H6S.ClH/c1-3-7-12-10(5-1)9-11-6-2-4-8-13(11)12;1-2-3-4;/h1-8H,9H2;2-4H,1H3;1H. The molecule has 0 amide bonds. The van der Waals surface area contributed by atoms with Gasteiger partial charge in [-0.25, -0.2) is 0 Å². The van der Waals surface area contributed by atoms with Crippen LogP contribution in [0.15, 0.2) is 60.0 Å². The molecule has 2 heteroatoms. The number of fused-ring (bicyclic) bond motifs is 3. The fraction of sp³-hybridized carbons (Fsp3) is 0.125. The van der Waals surface area contributed by atoms with Crippen molar-refractivity contribution in [3.8, 4) is 11.1 Å². The highest BCUT2D eigenvalue weighted by Gasteiger charge is 2.15. The average Bonchev–Trinajstić information content (AvgIpc) is 2.77. The molecule has 1 aliphatic carbocycles. The molecule has 0 aromatic heterocycles. The molecule has 2 aromatic carbocycles. The van der Waals surface area contributed by atoms with E-state index in [0.717, 1.165) is 6.42 Å². The molecule has 0 atom stereocenters. The second kappa shape index (κ2) is 7.30. The van der Waals surface area contributed by atoms with Gasteiger partial charge in [-0.05, 0) is 41.0 Å². The number of benzene rings is 2. The van der Waals surface area contributed by atoms with E-state index in [4.69, 9.17) is 0 Å². The minimum atomic E-state index is 0. The Hall–Kier alpha value is -1.18. The van der Waals surface area contributed by atoms with Crippen LogP contribution in [0.2, 0.25) is 0 Å². The Balaban J connectivity index is 0.000000289. The molecule has 0 nitrogen and oxygen atoms in total. The van der Waals surface area contributed by atoms with E-state index in [1.54, 1.807) is 5.41 Å². The minimum absolute atomic E-state index is 0. The number of halogens is 1.